The van der Waals surface area contributed by atoms with Gasteiger partial charge in [0.1, 0.15) is 5.82 Å². The molecule has 2 aromatic carbocycles. The van der Waals surface area contributed by atoms with Crippen LogP contribution in [0, 0.1) is 11.2 Å². The fourth-order valence-corrected chi connectivity index (χ4v) is 4.26. The number of hydrogen-bond donors (Lipinski definition) is 4. The van der Waals surface area contributed by atoms with Gasteiger partial charge in [0.25, 0.3) is 0 Å². The predicted molar refractivity (Wildman–Crippen MR) is 146 cm³/mol. The van der Waals surface area contributed by atoms with Crippen LogP contribution in [0.3, 0.4) is 0 Å². The molecule has 1 fully saturated rings. The third kappa shape index (κ3) is 6.33. The minimum atomic E-state index is -0.873. The first kappa shape index (κ1) is 27.4. The summed E-state index contributed by atoms with van der Waals surface area (Å²) < 4.78 is 25.7. The van der Waals surface area contributed by atoms with Crippen molar-refractivity contribution >= 4 is 11.9 Å². The summed E-state index contributed by atoms with van der Waals surface area (Å²) in [4.78, 5) is 29.8. The number of imidazole rings is 1. The van der Waals surface area contributed by atoms with Crippen molar-refractivity contribution in [3.63, 3.8) is 0 Å². The molecule has 0 saturated carbocycles. The molecule has 3 heterocycles. The molecule has 40 heavy (non-hydrogen) atoms. The van der Waals surface area contributed by atoms with E-state index in [1.807, 2.05) is 30.3 Å². The lowest BCUT2D eigenvalue weighted by molar-refractivity contribution is -0.231. The first-order valence-electron chi connectivity index (χ1n) is 13.0. The average Bonchev–Trinajstić information content (AvgIpc) is 3.43. The van der Waals surface area contributed by atoms with Crippen LogP contribution in [0.2, 0.25) is 0 Å². The quantitative estimate of drug-likeness (QED) is 0.221. The molecule has 1 aliphatic heterocycles. The summed E-state index contributed by atoms with van der Waals surface area (Å²) >= 11 is 0. The number of aliphatic hydroxyl groups excluding tert-OH is 1. The van der Waals surface area contributed by atoms with Gasteiger partial charge in [0.2, 0.25) is 18.1 Å². The highest BCUT2D eigenvalue weighted by atomic mass is 19.1. The summed E-state index contributed by atoms with van der Waals surface area (Å²) in [5, 5.41) is 15.1. The van der Waals surface area contributed by atoms with E-state index in [1.54, 1.807) is 31.3 Å². The number of carbonyl (C=O) groups is 1. The zero-order valence-corrected chi connectivity index (χ0v) is 22.1. The Morgan fingerprint density at radius 1 is 1.10 bits per heavy atom. The molecule has 0 unspecified atom stereocenters. The highest BCUT2D eigenvalue weighted by Crippen LogP contribution is 2.35. The molecule has 0 radical (unpaired) electrons. The summed E-state index contributed by atoms with van der Waals surface area (Å²) in [6.45, 7) is 3.05. The van der Waals surface area contributed by atoms with E-state index in [2.05, 4.69) is 25.6 Å². The van der Waals surface area contributed by atoms with E-state index < -0.39 is 11.7 Å². The average molecular weight is 547 g/mol. The van der Waals surface area contributed by atoms with Crippen molar-refractivity contribution in [2.75, 3.05) is 31.7 Å². The Morgan fingerprint density at radius 3 is 2.58 bits per heavy atom. The van der Waals surface area contributed by atoms with Crippen LogP contribution in [0.1, 0.15) is 31.0 Å². The van der Waals surface area contributed by atoms with Crippen molar-refractivity contribution in [2.45, 2.75) is 26.2 Å². The van der Waals surface area contributed by atoms with Gasteiger partial charge in [0.05, 0.1) is 35.7 Å². The third-order valence-corrected chi connectivity index (χ3v) is 6.54. The fraction of sp³-hybridized carbons (Fsp3) is 0.310. The number of nitrogens with zero attached hydrogens (tertiary/aromatic N) is 3. The van der Waals surface area contributed by atoms with Crippen LogP contribution < -0.4 is 10.6 Å². The van der Waals surface area contributed by atoms with Gasteiger partial charge in [-0.15, -0.1) is 0 Å². The molecule has 1 aliphatic rings. The van der Waals surface area contributed by atoms with Crippen molar-refractivity contribution in [2.24, 2.45) is 5.41 Å². The molecule has 11 heteroatoms. The molecule has 0 aliphatic carbocycles. The number of rotatable bonds is 10. The van der Waals surface area contributed by atoms with Gasteiger partial charge in [-0.05, 0) is 49.2 Å². The minimum absolute atomic E-state index is 0.0560. The maximum Gasteiger partial charge on any atom is 0.230 e. The van der Waals surface area contributed by atoms with E-state index in [0.717, 1.165) is 5.56 Å². The lowest BCUT2D eigenvalue weighted by Crippen LogP contribution is -2.48. The number of anilines is 1. The second-order valence-electron chi connectivity index (χ2n) is 9.80. The second kappa shape index (κ2) is 12.3. The third-order valence-electron chi connectivity index (χ3n) is 6.54. The number of aliphatic hydroxyl groups is 1. The lowest BCUT2D eigenvalue weighted by atomic mass is 9.91. The molecule has 0 bridgehead atoms. The molecule has 10 nitrogen and oxygen atoms in total. The van der Waals surface area contributed by atoms with Crippen LogP contribution in [0.5, 0.6) is 0 Å². The topological polar surface area (TPSA) is 134 Å². The zero-order valence-electron chi connectivity index (χ0n) is 22.1. The Morgan fingerprint density at radius 2 is 1.85 bits per heavy atom. The van der Waals surface area contributed by atoms with E-state index in [0.29, 0.717) is 53.9 Å². The van der Waals surface area contributed by atoms with Gasteiger partial charge in [-0.3, -0.25) is 4.79 Å². The number of aromatic nitrogens is 4. The number of carbonyl (C=O) groups excluding carboxylic acids is 1. The molecule has 1 amide bonds. The van der Waals surface area contributed by atoms with E-state index in [1.165, 1.54) is 12.1 Å². The normalized spacial score (nSPS) is 18.8. The molecule has 4 N–H and O–H groups in total. The highest BCUT2D eigenvalue weighted by Gasteiger charge is 2.40. The Kier molecular flexibility index (Phi) is 8.44. The number of aromatic amines is 1. The number of benzene rings is 2. The van der Waals surface area contributed by atoms with Gasteiger partial charge < -0.3 is 30.2 Å². The van der Waals surface area contributed by atoms with Gasteiger partial charge in [0.15, 0.2) is 5.82 Å². The Hall–Kier alpha value is -4.19. The minimum Gasteiger partial charge on any atom is -0.396 e. The standard InChI is InChI=1S/C29H31FN6O4/c1-29(27(38)33-16-19-6-3-2-4-7-19)17-39-26(40-18-29)25-35-23(20-8-10-21(30)11-9-20)24(36-25)22-12-14-32-28(34-22)31-13-5-15-37/h2-4,6-12,14,26,37H,5,13,15-18H2,1H3,(H,33,38)(H,35,36)(H,31,32,34). The first-order valence-corrected chi connectivity index (χ1v) is 13.0. The summed E-state index contributed by atoms with van der Waals surface area (Å²) in [5.74, 6) is 0.274. The smallest absolute Gasteiger partial charge is 0.230 e. The molecular weight excluding hydrogens is 515 g/mol. The molecular formula is C29H31FN6O4. The van der Waals surface area contributed by atoms with Gasteiger partial charge in [-0.25, -0.2) is 19.3 Å². The van der Waals surface area contributed by atoms with Crippen molar-refractivity contribution < 1.29 is 23.8 Å². The number of hydrogen-bond acceptors (Lipinski definition) is 8. The van der Waals surface area contributed by atoms with Crippen LogP contribution in [-0.2, 0) is 20.8 Å². The molecule has 1 saturated heterocycles. The Bertz CT molecular complexity index is 1420. The van der Waals surface area contributed by atoms with Crippen molar-refractivity contribution in [3.8, 4) is 22.6 Å². The van der Waals surface area contributed by atoms with Gasteiger partial charge in [-0.2, -0.15) is 0 Å². The van der Waals surface area contributed by atoms with Crippen LogP contribution in [0.15, 0.2) is 66.9 Å². The molecule has 0 spiro atoms. The van der Waals surface area contributed by atoms with Crippen LogP contribution in [0.4, 0.5) is 10.3 Å². The van der Waals surface area contributed by atoms with Crippen LogP contribution in [0.25, 0.3) is 22.6 Å². The zero-order chi connectivity index (χ0) is 28.0. The molecule has 5 rings (SSSR count). The molecule has 4 aromatic rings. The number of H-pyrrole nitrogens is 1. The summed E-state index contributed by atoms with van der Waals surface area (Å²) in [7, 11) is 0. The predicted octanol–water partition coefficient (Wildman–Crippen LogP) is 3.84. The van der Waals surface area contributed by atoms with Gasteiger partial charge in [0, 0.05) is 31.5 Å². The van der Waals surface area contributed by atoms with Gasteiger partial charge in [-0.1, -0.05) is 30.3 Å². The fourth-order valence-electron chi connectivity index (χ4n) is 4.26. The Labute approximate surface area is 231 Å². The molecule has 208 valence electrons. The van der Waals surface area contributed by atoms with E-state index in [4.69, 9.17) is 19.6 Å². The van der Waals surface area contributed by atoms with E-state index >= 15 is 0 Å². The number of amides is 1. The summed E-state index contributed by atoms with van der Waals surface area (Å²) in [6, 6.07) is 17.4. The monoisotopic (exact) mass is 546 g/mol. The molecule has 2 aromatic heterocycles. The number of nitrogens with one attached hydrogen (secondary N) is 3. The lowest BCUT2D eigenvalue weighted by Gasteiger charge is -2.35. The maximum absolute atomic E-state index is 13.7. The van der Waals surface area contributed by atoms with Crippen molar-refractivity contribution in [1.82, 2.24) is 25.3 Å². The van der Waals surface area contributed by atoms with Gasteiger partial charge >= 0.3 is 0 Å². The van der Waals surface area contributed by atoms with E-state index in [9.17, 15) is 9.18 Å². The first-order chi connectivity index (χ1) is 19.4. The SMILES string of the molecule is CC1(C(=O)NCc2ccccc2)COC(c2nc(-c3ccc(F)cc3)c(-c3ccnc(NCCCO)n3)[nH]2)OC1. The van der Waals surface area contributed by atoms with Crippen LogP contribution >= 0.6 is 0 Å². The van der Waals surface area contributed by atoms with Crippen LogP contribution in [-0.4, -0.2) is 57.3 Å². The maximum atomic E-state index is 13.7. The highest BCUT2D eigenvalue weighted by molar-refractivity contribution is 5.82. The molecule has 0 atom stereocenters. The largest absolute Gasteiger partial charge is 0.396 e. The number of halogens is 1. The second-order valence-corrected chi connectivity index (χ2v) is 9.80. The van der Waals surface area contributed by atoms with E-state index in [-0.39, 0.29) is 31.5 Å². The van der Waals surface area contributed by atoms with Crippen molar-refractivity contribution in [1.29, 1.82) is 0 Å². The Balaban J connectivity index is 1.34. The number of ether oxygens (including phenoxy) is 2. The summed E-state index contributed by atoms with van der Waals surface area (Å²) in [5.41, 5.74) is 2.48. The van der Waals surface area contributed by atoms with Crippen molar-refractivity contribution in [3.05, 3.63) is 84.1 Å². The summed E-state index contributed by atoms with van der Waals surface area (Å²) in [6.07, 6.45) is 1.33.